The molecule has 1 N–H and O–H groups in total. The Balaban J connectivity index is 1.85. The lowest BCUT2D eigenvalue weighted by Gasteiger charge is -2.15. The second kappa shape index (κ2) is 7.82. The molecule has 0 saturated heterocycles. The number of amides is 1. The van der Waals surface area contributed by atoms with Crippen molar-refractivity contribution in [2.45, 2.75) is 13.0 Å². The summed E-state index contributed by atoms with van der Waals surface area (Å²) >= 11 is 3.09. The Morgan fingerprint density at radius 1 is 1.30 bits per heavy atom. The standard InChI is InChI=1S/C16H16BrNO5/c1-10(11-4-3-5-12(8-11)21-2)18-15(19)9-22-16(20)13-6-7-14(17)23-13/h3-8,10H,9H2,1-2H3,(H,18,19)/t10-/m1/s1. The van der Waals surface area contributed by atoms with Gasteiger partial charge in [0.05, 0.1) is 13.2 Å². The van der Waals surface area contributed by atoms with Gasteiger partial charge in [0, 0.05) is 0 Å². The Bertz CT molecular complexity index is 697. The topological polar surface area (TPSA) is 77.8 Å². The van der Waals surface area contributed by atoms with Gasteiger partial charge < -0.3 is 19.2 Å². The number of benzene rings is 1. The highest BCUT2D eigenvalue weighted by atomic mass is 79.9. The highest BCUT2D eigenvalue weighted by Gasteiger charge is 2.15. The van der Waals surface area contributed by atoms with Gasteiger partial charge in [-0.25, -0.2) is 4.79 Å². The maximum atomic E-state index is 11.9. The second-order valence-electron chi connectivity index (χ2n) is 4.75. The maximum Gasteiger partial charge on any atom is 0.374 e. The zero-order valence-corrected chi connectivity index (χ0v) is 14.3. The van der Waals surface area contributed by atoms with Gasteiger partial charge in [-0.1, -0.05) is 12.1 Å². The largest absolute Gasteiger partial charge is 0.497 e. The third-order valence-electron chi connectivity index (χ3n) is 3.08. The average Bonchev–Trinajstić information content (AvgIpc) is 2.99. The van der Waals surface area contributed by atoms with E-state index in [0.717, 1.165) is 5.56 Å². The summed E-state index contributed by atoms with van der Waals surface area (Å²) in [7, 11) is 1.58. The number of methoxy groups -OCH3 is 1. The van der Waals surface area contributed by atoms with Crippen LogP contribution in [0.3, 0.4) is 0 Å². The lowest BCUT2D eigenvalue weighted by molar-refractivity contribution is -0.124. The van der Waals surface area contributed by atoms with Crippen LogP contribution in [-0.4, -0.2) is 25.6 Å². The lowest BCUT2D eigenvalue weighted by atomic mass is 10.1. The normalized spacial score (nSPS) is 11.6. The average molecular weight is 382 g/mol. The molecule has 0 unspecified atom stereocenters. The van der Waals surface area contributed by atoms with Gasteiger partial charge in [0.2, 0.25) is 5.76 Å². The van der Waals surface area contributed by atoms with E-state index in [0.29, 0.717) is 10.4 Å². The van der Waals surface area contributed by atoms with Crippen molar-refractivity contribution in [1.29, 1.82) is 0 Å². The van der Waals surface area contributed by atoms with E-state index in [-0.39, 0.29) is 18.4 Å². The molecular weight excluding hydrogens is 366 g/mol. The number of carbonyl (C=O) groups is 2. The first-order valence-corrected chi connectivity index (χ1v) is 7.64. The Morgan fingerprint density at radius 3 is 2.74 bits per heavy atom. The van der Waals surface area contributed by atoms with Crippen molar-refractivity contribution in [3.63, 3.8) is 0 Å². The van der Waals surface area contributed by atoms with E-state index in [4.69, 9.17) is 13.9 Å². The summed E-state index contributed by atoms with van der Waals surface area (Å²) < 4.78 is 15.5. The summed E-state index contributed by atoms with van der Waals surface area (Å²) in [5.41, 5.74) is 0.888. The fraction of sp³-hybridized carbons (Fsp3) is 0.250. The van der Waals surface area contributed by atoms with Gasteiger partial charge in [-0.05, 0) is 52.7 Å². The number of halogens is 1. The molecular formula is C16H16BrNO5. The molecule has 1 amide bonds. The molecule has 122 valence electrons. The van der Waals surface area contributed by atoms with E-state index < -0.39 is 11.9 Å². The number of hydrogen-bond donors (Lipinski definition) is 1. The van der Waals surface area contributed by atoms with Gasteiger partial charge in [-0.2, -0.15) is 0 Å². The molecule has 1 aromatic carbocycles. The number of furan rings is 1. The summed E-state index contributed by atoms with van der Waals surface area (Å²) in [6.07, 6.45) is 0. The van der Waals surface area contributed by atoms with E-state index in [1.807, 2.05) is 31.2 Å². The molecule has 0 radical (unpaired) electrons. The highest BCUT2D eigenvalue weighted by Crippen LogP contribution is 2.18. The number of rotatable bonds is 6. The fourth-order valence-corrected chi connectivity index (χ4v) is 2.21. The molecule has 23 heavy (non-hydrogen) atoms. The molecule has 0 aliphatic carbocycles. The van der Waals surface area contributed by atoms with Crippen molar-refractivity contribution in [3.05, 3.63) is 52.4 Å². The molecule has 7 heteroatoms. The van der Waals surface area contributed by atoms with E-state index >= 15 is 0 Å². The van der Waals surface area contributed by atoms with E-state index in [2.05, 4.69) is 21.2 Å². The zero-order valence-electron chi connectivity index (χ0n) is 12.7. The monoisotopic (exact) mass is 381 g/mol. The minimum Gasteiger partial charge on any atom is -0.497 e. The van der Waals surface area contributed by atoms with Crippen LogP contribution in [0.1, 0.15) is 29.1 Å². The van der Waals surface area contributed by atoms with Crippen molar-refractivity contribution < 1.29 is 23.5 Å². The van der Waals surface area contributed by atoms with Crippen molar-refractivity contribution in [2.75, 3.05) is 13.7 Å². The van der Waals surface area contributed by atoms with Gasteiger partial charge in [0.15, 0.2) is 11.3 Å². The first-order chi connectivity index (χ1) is 11.0. The predicted molar refractivity (Wildman–Crippen MR) is 86.2 cm³/mol. The van der Waals surface area contributed by atoms with Crippen LogP contribution >= 0.6 is 15.9 Å². The molecule has 0 spiro atoms. The highest BCUT2D eigenvalue weighted by molar-refractivity contribution is 9.10. The minimum atomic E-state index is -0.695. The number of ether oxygens (including phenoxy) is 2. The van der Waals surface area contributed by atoms with Gasteiger partial charge in [-0.15, -0.1) is 0 Å². The molecule has 0 fully saturated rings. The van der Waals surface area contributed by atoms with E-state index in [1.165, 1.54) is 6.07 Å². The van der Waals surface area contributed by atoms with Gasteiger partial charge in [-0.3, -0.25) is 4.79 Å². The third kappa shape index (κ3) is 4.85. The molecule has 0 aliphatic rings. The third-order valence-corrected chi connectivity index (χ3v) is 3.51. The number of hydrogen-bond acceptors (Lipinski definition) is 5. The minimum absolute atomic E-state index is 0.0329. The molecule has 2 rings (SSSR count). The summed E-state index contributed by atoms with van der Waals surface area (Å²) in [6.45, 7) is 1.45. The second-order valence-corrected chi connectivity index (χ2v) is 5.53. The summed E-state index contributed by atoms with van der Waals surface area (Å²) in [5, 5.41) is 2.75. The summed E-state index contributed by atoms with van der Waals surface area (Å²) in [5.74, 6) is -0.358. The number of nitrogens with one attached hydrogen (secondary N) is 1. The van der Waals surface area contributed by atoms with Gasteiger partial charge in [0.25, 0.3) is 5.91 Å². The number of carbonyl (C=O) groups excluding carboxylic acids is 2. The van der Waals surface area contributed by atoms with Crippen molar-refractivity contribution >= 4 is 27.8 Å². The van der Waals surface area contributed by atoms with Crippen LogP contribution in [0.4, 0.5) is 0 Å². The molecule has 0 aliphatic heterocycles. The first-order valence-electron chi connectivity index (χ1n) is 6.85. The smallest absolute Gasteiger partial charge is 0.374 e. The van der Waals surface area contributed by atoms with Gasteiger partial charge in [0.1, 0.15) is 5.75 Å². The van der Waals surface area contributed by atoms with Crippen LogP contribution in [0.15, 0.2) is 45.5 Å². The van der Waals surface area contributed by atoms with Crippen LogP contribution in [-0.2, 0) is 9.53 Å². The zero-order chi connectivity index (χ0) is 16.8. The van der Waals surface area contributed by atoms with Crippen molar-refractivity contribution in [1.82, 2.24) is 5.32 Å². The maximum absolute atomic E-state index is 11.9. The molecule has 1 aromatic heterocycles. The molecule has 1 heterocycles. The lowest BCUT2D eigenvalue weighted by Crippen LogP contribution is -2.31. The van der Waals surface area contributed by atoms with Gasteiger partial charge >= 0.3 is 5.97 Å². The SMILES string of the molecule is COc1cccc([C@@H](C)NC(=O)COC(=O)c2ccc(Br)o2)c1. The van der Waals surface area contributed by atoms with Crippen LogP contribution < -0.4 is 10.1 Å². The quantitative estimate of drug-likeness (QED) is 0.777. The number of esters is 1. The molecule has 6 nitrogen and oxygen atoms in total. The Labute approximate surface area is 141 Å². The molecule has 2 aromatic rings. The predicted octanol–water partition coefficient (Wildman–Crippen LogP) is 3.08. The Kier molecular flexibility index (Phi) is 5.81. The van der Waals surface area contributed by atoms with Crippen LogP contribution in [0.25, 0.3) is 0 Å². The summed E-state index contributed by atoms with van der Waals surface area (Å²) in [6, 6.07) is 10.2. The van der Waals surface area contributed by atoms with Crippen LogP contribution in [0.5, 0.6) is 5.75 Å². The Morgan fingerprint density at radius 2 is 2.09 bits per heavy atom. The first kappa shape index (κ1) is 17.1. The van der Waals surface area contributed by atoms with Crippen LogP contribution in [0, 0.1) is 0 Å². The van der Waals surface area contributed by atoms with E-state index in [1.54, 1.807) is 13.2 Å². The van der Waals surface area contributed by atoms with Crippen molar-refractivity contribution in [3.8, 4) is 5.75 Å². The Hall–Kier alpha value is -2.28. The fourth-order valence-electron chi connectivity index (χ4n) is 1.90. The van der Waals surface area contributed by atoms with Crippen LogP contribution in [0.2, 0.25) is 0 Å². The van der Waals surface area contributed by atoms with Crippen molar-refractivity contribution in [2.24, 2.45) is 0 Å². The van der Waals surface area contributed by atoms with E-state index in [9.17, 15) is 9.59 Å². The molecule has 0 bridgehead atoms. The molecule has 0 saturated carbocycles. The molecule has 1 atom stereocenters. The summed E-state index contributed by atoms with van der Waals surface area (Å²) in [4.78, 5) is 23.5.